The van der Waals surface area contributed by atoms with Gasteiger partial charge in [-0.3, -0.25) is 9.59 Å². The van der Waals surface area contributed by atoms with Gasteiger partial charge < -0.3 is 14.9 Å². The molecule has 1 saturated heterocycles. The van der Waals surface area contributed by atoms with Crippen molar-refractivity contribution in [2.24, 2.45) is 0 Å². The number of rotatable bonds is 4. The summed E-state index contributed by atoms with van der Waals surface area (Å²) < 4.78 is 1.79. The standard InChI is InChI=1S/C23H23N5O3/c29-19-10-8-17(9-11-19)22(30)26-12-14-27(15-13-26)23(31)20-24-21(16-6-7-16)28(25-20)18-4-2-1-3-5-18/h1-5,8-11,16,29H,6-7,12-15H2. The Kier molecular flexibility index (Phi) is 4.89. The molecule has 1 aliphatic carbocycles. The summed E-state index contributed by atoms with van der Waals surface area (Å²) in [5, 5.41) is 13.9. The second-order valence-electron chi connectivity index (χ2n) is 7.95. The van der Waals surface area contributed by atoms with Gasteiger partial charge in [-0.05, 0) is 49.2 Å². The molecule has 2 aliphatic rings. The minimum Gasteiger partial charge on any atom is -0.508 e. The summed E-state index contributed by atoms with van der Waals surface area (Å²) in [5.41, 5.74) is 1.43. The van der Waals surface area contributed by atoms with E-state index in [1.807, 2.05) is 30.3 Å². The average Bonchev–Trinajstić information content (AvgIpc) is 3.57. The van der Waals surface area contributed by atoms with E-state index in [2.05, 4.69) is 10.1 Å². The number of phenols is 1. The first kappa shape index (κ1) is 19.3. The molecule has 8 heteroatoms. The number of aromatic nitrogens is 3. The van der Waals surface area contributed by atoms with Crippen LogP contribution in [0.1, 0.15) is 45.6 Å². The Bertz CT molecular complexity index is 1100. The summed E-state index contributed by atoms with van der Waals surface area (Å²) in [6.07, 6.45) is 2.13. The maximum Gasteiger partial charge on any atom is 0.293 e. The first-order valence-electron chi connectivity index (χ1n) is 10.5. The molecule has 0 unspecified atom stereocenters. The topological polar surface area (TPSA) is 91.6 Å². The molecule has 2 aromatic carbocycles. The van der Waals surface area contributed by atoms with Crippen LogP contribution in [0.15, 0.2) is 54.6 Å². The van der Waals surface area contributed by atoms with E-state index in [1.165, 1.54) is 12.1 Å². The van der Waals surface area contributed by atoms with Gasteiger partial charge >= 0.3 is 0 Å². The molecule has 3 aromatic rings. The van der Waals surface area contributed by atoms with Gasteiger partial charge in [-0.25, -0.2) is 9.67 Å². The van der Waals surface area contributed by atoms with E-state index < -0.39 is 0 Å². The van der Waals surface area contributed by atoms with Gasteiger partial charge in [0.05, 0.1) is 5.69 Å². The predicted molar refractivity (Wildman–Crippen MR) is 113 cm³/mol. The van der Waals surface area contributed by atoms with Crippen molar-refractivity contribution in [2.75, 3.05) is 26.2 Å². The molecule has 31 heavy (non-hydrogen) atoms. The lowest BCUT2D eigenvalue weighted by molar-refractivity contribution is 0.0529. The highest BCUT2D eigenvalue weighted by Gasteiger charge is 2.33. The zero-order chi connectivity index (χ0) is 21.4. The van der Waals surface area contributed by atoms with Gasteiger partial charge in [-0.15, -0.1) is 5.10 Å². The Hall–Kier alpha value is -3.68. The number of benzene rings is 2. The van der Waals surface area contributed by atoms with E-state index in [0.717, 1.165) is 24.4 Å². The fourth-order valence-corrected chi connectivity index (χ4v) is 3.82. The quantitative estimate of drug-likeness (QED) is 0.704. The number of phenolic OH excluding ortho intramolecular Hbond substituents is 1. The van der Waals surface area contributed by atoms with Gasteiger partial charge in [0.25, 0.3) is 11.8 Å². The van der Waals surface area contributed by atoms with Crippen LogP contribution < -0.4 is 0 Å². The number of hydrogen-bond donors (Lipinski definition) is 1. The van der Waals surface area contributed by atoms with Crippen molar-refractivity contribution >= 4 is 11.8 Å². The van der Waals surface area contributed by atoms with Gasteiger partial charge in [0.2, 0.25) is 5.82 Å². The monoisotopic (exact) mass is 417 g/mol. The van der Waals surface area contributed by atoms with Crippen LogP contribution >= 0.6 is 0 Å². The maximum absolute atomic E-state index is 13.1. The molecular weight excluding hydrogens is 394 g/mol. The van der Waals surface area contributed by atoms with Gasteiger partial charge in [0, 0.05) is 37.7 Å². The molecule has 1 aliphatic heterocycles. The van der Waals surface area contributed by atoms with E-state index in [9.17, 15) is 14.7 Å². The molecule has 0 atom stereocenters. The first-order chi connectivity index (χ1) is 15.1. The van der Waals surface area contributed by atoms with Gasteiger partial charge in [-0.2, -0.15) is 0 Å². The number of para-hydroxylation sites is 1. The molecule has 0 bridgehead atoms. The van der Waals surface area contributed by atoms with Crippen molar-refractivity contribution in [2.45, 2.75) is 18.8 Å². The van der Waals surface area contributed by atoms with Crippen LogP contribution in [0.4, 0.5) is 0 Å². The second-order valence-corrected chi connectivity index (χ2v) is 7.95. The van der Waals surface area contributed by atoms with Gasteiger partial charge in [0.15, 0.2) is 0 Å². The zero-order valence-corrected chi connectivity index (χ0v) is 17.0. The third-order valence-corrected chi connectivity index (χ3v) is 5.74. The highest BCUT2D eigenvalue weighted by atomic mass is 16.3. The molecule has 2 amide bonds. The summed E-state index contributed by atoms with van der Waals surface area (Å²) in [4.78, 5) is 33.8. The molecule has 0 radical (unpaired) electrons. The van der Waals surface area contributed by atoms with Crippen molar-refractivity contribution in [1.29, 1.82) is 0 Å². The number of carbonyl (C=O) groups is 2. The summed E-state index contributed by atoms with van der Waals surface area (Å²) in [7, 11) is 0. The van der Waals surface area contributed by atoms with Crippen LogP contribution in [-0.4, -0.2) is 67.7 Å². The van der Waals surface area contributed by atoms with Crippen molar-refractivity contribution < 1.29 is 14.7 Å². The van der Waals surface area contributed by atoms with Crippen molar-refractivity contribution in [3.05, 3.63) is 71.8 Å². The van der Waals surface area contributed by atoms with Crippen LogP contribution in [0.2, 0.25) is 0 Å². The van der Waals surface area contributed by atoms with E-state index in [1.54, 1.807) is 26.6 Å². The Morgan fingerprint density at radius 1 is 0.839 bits per heavy atom. The van der Waals surface area contributed by atoms with Crippen LogP contribution in [0.5, 0.6) is 5.75 Å². The van der Waals surface area contributed by atoms with E-state index in [-0.39, 0.29) is 23.4 Å². The van der Waals surface area contributed by atoms with Crippen LogP contribution in [-0.2, 0) is 0 Å². The minimum absolute atomic E-state index is 0.102. The van der Waals surface area contributed by atoms with Gasteiger partial charge in [-0.1, -0.05) is 18.2 Å². The number of hydrogen-bond acceptors (Lipinski definition) is 5. The smallest absolute Gasteiger partial charge is 0.293 e. The third kappa shape index (κ3) is 3.88. The molecular formula is C23H23N5O3. The molecule has 5 rings (SSSR count). The Morgan fingerprint density at radius 3 is 2.06 bits per heavy atom. The Morgan fingerprint density at radius 2 is 1.45 bits per heavy atom. The SMILES string of the molecule is O=C(c1ccc(O)cc1)N1CCN(C(=O)c2nc(C3CC3)n(-c3ccccc3)n2)CC1. The number of nitrogens with zero attached hydrogens (tertiary/aromatic N) is 5. The molecule has 1 saturated carbocycles. The molecule has 158 valence electrons. The maximum atomic E-state index is 13.1. The summed E-state index contributed by atoms with van der Waals surface area (Å²) in [5.74, 6) is 1.23. The predicted octanol–water partition coefficient (Wildman–Crippen LogP) is 2.45. The van der Waals surface area contributed by atoms with E-state index >= 15 is 0 Å². The fraction of sp³-hybridized carbons (Fsp3) is 0.304. The third-order valence-electron chi connectivity index (χ3n) is 5.74. The summed E-state index contributed by atoms with van der Waals surface area (Å²) >= 11 is 0. The molecule has 2 fully saturated rings. The van der Waals surface area contributed by atoms with Crippen molar-refractivity contribution in [1.82, 2.24) is 24.6 Å². The van der Waals surface area contributed by atoms with Crippen molar-refractivity contribution in [3.8, 4) is 11.4 Å². The molecule has 0 spiro atoms. The van der Waals surface area contributed by atoms with E-state index in [0.29, 0.717) is 37.7 Å². The highest BCUT2D eigenvalue weighted by molar-refractivity contribution is 5.95. The zero-order valence-electron chi connectivity index (χ0n) is 17.0. The number of carbonyl (C=O) groups excluding carboxylic acids is 2. The Labute approximate surface area is 179 Å². The lowest BCUT2D eigenvalue weighted by Crippen LogP contribution is -2.50. The van der Waals surface area contributed by atoms with Crippen LogP contribution in [0.3, 0.4) is 0 Å². The van der Waals surface area contributed by atoms with Crippen LogP contribution in [0, 0.1) is 0 Å². The fourth-order valence-electron chi connectivity index (χ4n) is 3.82. The normalized spacial score (nSPS) is 16.4. The van der Waals surface area contributed by atoms with Crippen LogP contribution in [0.25, 0.3) is 5.69 Å². The number of piperazine rings is 1. The Balaban J connectivity index is 1.29. The molecule has 2 heterocycles. The lowest BCUT2D eigenvalue weighted by Gasteiger charge is -2.34. The number of aromatic hydroxyl groups is 1. The first-order valence-corrected chi connectivity index (χ1v) is 10.5. The largest absolute Gasteiger partial charge is 0.508 e. The molecule has 8 nitrogen and oxygen atoms in total. The van der Waals surface area contributed by atoms with Crippen molar-refractivity contribution in [3.63, 3.8) is 0 Å². The summed E-state index contributed by atoms with van der Waals surface area (Å²) in [6, 6.07) is 16.0. The minimum atomic E-state index is -0.201. The number of amides is 2. The highest BCUT2D eigenvalue weighted by Crippen LogP contribution is 2.39. The van der Waals surface area contributed by atoms with Gasteiger partial charge in [0.1, 0.15) is 11.6 Å². The molecule has 1 N–H and O–H groups in total. The summed E-state index contributed by atoms with van der Waals surface area (Å²) in [6.45, 7) is 1.75. The molecule has 1 aromatic heterocycles. The van der Waals surface area contributed by atoms with E-state index in [4.69, 9.17) is 0 Å². The average molecular weight is 417 g/mol. The lowest BCUT2D eigenvalue weighted by atomic mass is 10.1. The second kappa shape index (κ2) is 7.86.